The molecule has 0 saturated heterocycles. The minimum absolute atomic E-state index is 0.112. The summed E-state index contributed by atoms with van der Waals surface area (Å²) in [5, 5.41) is 2.69. The molecular formula is C7H14N2OS2. The SMILES string of the molecule is C=CC(=O)NCCSSCCN. The summed E-state index contributed by atoms with van der Waals surface area (Å²) < 4.78 is 0. The lowest BCUT2D eigenvalue weighted by Crippen LogP contribution is -2.23. The van der Waals surface area contributed by atoms with Gasteiger partial charge < -0.3 is 11.1 Å². The van der Waals surface area contributed by atoms with Gasteiger partial charge in [0.15, 0.2) is 0 Å². The van der Waals surface area contributed by atoms with Crippen molar-refractivity contribution in [3.63, 3.8) is 0 Å². The van der Waals surface area contributed by atoms with E-state index in [0.717, 1.165) is 11.5 Å². The van der Waals surface area contributed by atoms with E-state index < -0.39 is 0 Å². The highest BCUT2D eigenvalue weighted by Gasteiger charge is 1.92. The van der Waals surface area contributed by atoms with Crippen LogP contribution < -0.4 is 11.1 Å². The van der Waals surface area contributed by atoms with Crippen LogP contribution in [0.2, 0.25) is 0 Å². The van der Waals surface area contributed by atoms with E-state index in [0.29, 0.717) is 13.1 Å². The van der Waals surface area contributed by atoms with Gasteiger partial charge in [-0.2, -0.15) is 0 Å². The number of hydrogen-bond acceptors (Lipinski definition) is 4. The zero-order chi connectivity index (χ0) is 9.23. The quantitative estimate of drug-likeness (QED) is 0.364. The van der Waals surface area contributed by atoms with Crippen LogP contribution in [0.5, 0.6) is 0 Å². The molecule has 0 saturated carbocycles. The van der Waals surface area contributed by atoms with E-state index >= 15 is 0 Å². The molecule has 0 aromatic carbocycles. The van der Waals surface area contributed by atoms with Crippen LogP contribution in [0.25, 0.3) is 0 Å². The van der Waals surface area contributed by atoms with Crippen molar-refractivity contribution in [1.82, 2.24) is 5.32 Å². The number of amides is 1. The van der Waals surface area contributed by atoms with Crippen LogP contribution in [-0.2, 0) is 4.79 Å². The summed E-state index contributed by atoms with van der Waals surface area (Å²) in [6.45, 7) is 4.74. The Labute approximate surface area is 80.9 Å². The zero-order valence-electron chi connectivity index (χ0n) is 6.91. The summed E-state index contributed by atoms with van der Waals surface area (Å²) >= 11 is 0. The number of nitrogens with one attached hydrogen (secondary N) is 1. The molecule has 3 N–H and O–H groups in total. The maximum atomic E-state index is 10.6. The Morgan fingerprint density at radius 1 is 1.50 bits per heavy atom. The molecule has 12 heavy (non-hydrogen) atoms. The molecule has 1 amide bonds. The normalized spacial score (nSPS) is 9.42. The Bertz CT molecular complexity index is 141. The molecule has 0 aliphatic rings. The third kappa shape index (κ3) is 7.97. The van der Waals surface area contributed by atoms with Crippen LogP contribution in [0.3, 0.4) is 0 Å². The van der Waals surface area contributed by atoms with Crippen molar-refractivity contribution >= 4 is 27.5 Å². The van der Waals surface area contributed by atoms with Gasteiger partial charge in [0.1, 0.15) is 0 Å². The van der Waals surface area contributed by atoms with Crippen LogP contribution in [0, 0.1) is 0 Å². The zero-order valence-corrected chi connectivity index (χ0v) is 8.55. The fourth-order valence-corrected chi connectivity index (χ4v) is 2.22. The molecule has 0 atom stereocenters. The standard InChI is InChI=1S/C7H14N2OS2/c1-2-7(10)9-4-6-12-11-5-3-8/h2H,1,3-6,8H2,(H,9,10). The van der Waals surface area contributed by atoms with Crippen LogP contribution in [0.15, 0.2) is 12.7 Å². The lowest BCUT2D eigenvalue weighted by Gasteiger charge is -2.00. The second-order valence-electron chi connectivity index (χ2n) is 1.93. The highest BCUT2D eigenvalue weighted by molar-refractivity contribution is 8.76. The number of hydrogen-bond donors (Lipinski definition) is 2. The Hall–Kier alpha value is -0.130. The largest absolute Gasteiger partial charge is 0.352 e. The molecule has 0 fully saturated rings. The predicted octanol–water partition coefficient (Wildman–Crippen LogP) is 0.629. The molecular weight excluding hydrogens is 192 g/mol. The number of carbonyl (C=O) groups is 1. The molecule has 0 unspecified atom stereocenters. The van der Waals surface area contributed by atoms with E-state index in [2.05, 4.69) is 11.9 Å². The van der Waals surface area contributed by atoms with Crippen molar-refractivity contribution in [3.8, 4) is 0 Å². The van der Waals surface area contributed by atoms with Gasteiger partial charge in [-0.25, -0.2) is 0 Å². The van der Waals surface area contributed by atoms with Crippen molar-refractivity contribution in [2.45, 2.75) is 0 Å². The smallest absolute Gasteiger partial charge is 0.243 e. The lowest BCUT2D eigenvalue weighted by atomic mass is 10.6. The monoisotopic (exact) mass is 206 g/mol. The summed E-state index contributed by atoms with van der Waals surface area (Å²) in [4.78, 5) is 10.6. The molecule has 0 bridgehead atoms. The van der Waals surface area contributed by atoms with Crippen LogP contribution in [0.4, 0.5) is 0 Å². The van der Waals surface area contributed by atoms with Crippen molar-refractivity contribution < 1.29 is 4.79 Å². The van der Waals surface area contributed by atoms with E-state index in [4.69, 9.17) is 5.73 Å². The average molecular weight is 206 g/mol. The van der Waals surface area contributed by atoms with Gasteiger partial charge in [0.25, 0.3) is 0 Å². The Morgan fingerprint density at radius 3 is 2.75 bits per heavy atom. The summed E-state index contributed by atoms with van der Waals surface area (Å²) in [6, 6.07) is 0. The first kappa shape index (κ1) is 11.9. The highest BCUT2D eigenvalue weighted by Crippen LogP contribution is 2.18. The Morgan fingerprint density at radius 2 is 2.17 bits per heavy atom. The molecule has 0 aromatic heterocycles. The van der Waals surface area contributed by atoms with Gasteiger partial charge in [0.2, 0.25) is 5.91 Å². The second-order valence-corrected chi connectivity index (χ2v) is 4.63. The minimum Gasteiger partial charge on any atom is -0.352 e. The average Bonchev–Trinajstić information content (AvgIpc) is 2.10. The minimum atomic E-state index is -0.112. The van der Waals surface area contributed by atoms with Crippen LogP contribution in [0.1, 0.15) is 0 Å². The van der Waals surface area contributed by atoms with E-state index in [-0.39, 0.29) is 5.91 Å². The second kappa shape index (κ2) is 8.96. The van der Waals surface area contributed by atoms with Gasteiger partial charge in [0, 0.05) is 24.6 Å². The van der Waals surface area contributed by atoms with E-state index in [1.54, 1.807) is 21.6 Å². The summed E-state index contributed by atoms with van der Waals surface area (Å²) in [5.41, 5.74) is 5.30. The van der Waals surface area contributed by atoms with Crippen LogP contribution >= 0.6 is 21.6 Å². The molecule has 70 valence electrons. The van der Waals surface area contributed by atoms with Crippen LogP contribution in [-0.4, -0.2) is 30.5 Å². The van der Waals surface area contributed by atoms with E-state index in [1.165, 1.54) is 6.08 Å². The fourth-order valence-electron chi connectivity index (χ4n) is 0.454. The van der Waals surface area contributed by atoms with Gasteiger partial charge in [-0.3, -0.25) is 4.79 Å². The molecule has 0 heterocycles. The molecule has 5 heteroatoms. The van der Waals surface area contributed by atoms with Crippen molar-refractivity contribution in [3.05, 3.63) is 12.7 Å². The Kier molecular flexibility index (Phi) is 8.86. The van der Waals surface area contributed by atoms with Gasteiger partial charge in [-0.1, -0.05) is 28.2 Å². The molecule has 0 aromatic rings. The summed E-state index contributed by atoms with van der Waals surface area (Å²) in [5.74, 6) is 1.75. The van der Waals surface area contributed by atoms with Crippen molar-refractivity contribution in [2.24, 2.45) is 5.73 Å². The fraction of sp³-hybridized carbons (Fsp3) is 0.571. The van der Waals surface area contributed by atoms with Crippen molar-refractivity contribution in [1.29, 1.82) is 0 Å². The first-order valence-electron chi connectivity index (χ1n) is 3.66. The Balaban J connectivity index is 3.00. The van der Waals surface area contributed by atoms with E-state index in [1.807, 2.05) is 0 Å². The first-order valence-corrected chi connectivity index (χ1v) is 6.14. The molecule has 0 radical (unpaired) electrons. The van der Waals surface area contributed by atoms with Gasteiger partial charge in [-0.05, 0) is 6.08 Å². The highest BCUT2D eigenvalue weighted by atomic mass is 33.1. The summed E-state index contributed by atoms with van der Waals surface area (Å²) in [6.07, 6.45) is 1.28. The van der Waals surface area contributed by atoms with Gasteiger partial charge >= 0.3 is 0 Å². The lowest BCUT2D eigenvalue weighted by molar-refractivity contribution is -0.116. The van der Waals surface area contributed by atoms with Crippen molar-refractivity contribution in [2.75, 3.05) is 24.6 Å². The van der Waals surface area contributed by atoms with Gasteiger partial charge in [0.05, 0.1) is 0 Å². The number of rotatable bonds is 7. The van der Waals surface area contributed by atoms with E-state index in [9.17, 15) is 4.79 Å². The molecule has 3 nitrogen and oxygen atoms in total. The summed E-state index contributed by atoms with van der Waals surface area (Å²) in [7, 11) is 3.44. The molecule has 0 aliphatic heterocycles. The maximum absolute atomic E-state index is 10.6. The number of carbonyl (C=O) groups excluding carboxylic acids is 1. The third-order valence-electron chi connectivity index (χ3n) is 0.955. The molecule has 0 spiro atoms. The topological polar surface area (TPSA) is 55.1 Å². The third-order valence-corrected chi connectivity index (χ3v) is 3.39. The van der Waals surface area contributed by atoms with Gasteiger partial charge in [-0.15, -0.1) is 0 Å². The molecule has 0 aliphatic carbocycles. The number of nitrogens with two attached hydrogens (primary N) is 1. The predicted molar refractivity (Wildman–Crippen MR) is 57.2 cm³/mol. The molecule has 0 rings (SSSR count). The maximum Gasteiger partial charge on any atom is 0.243 e. The first-order chi connectivity index (χ1) is 5.81.